The maximum Gasteiger partial charge on any atom is 0.173 e. The lowest BCUT2D eigenvalue weighted by Crippen LogP contribution is -2.30. The minimum absolute atomic E-state index is 0.625. The van der Waals surface area contributed by atoms with Crippen molar-refractivity contribution in [3.8, 4) is 5.75 Å². The van der Waals surface area contributed by atoms with Crippen LogP contribution >= 0.6 is 12.2 Å². The number of hydrogen-bond donors (Lipinski definition) is 1. The van der Waals surface area contributed by atoms with Gasteiger partial charge in [0.15, 0.2) is 5.11 Å². The molecule has 0 saturated heterocycles. The van der Waals surface area contributed by atoms with E-state index in [0.717, 1.165) is 17.1 Å². The van der Waals surface area contributed by atoms with E-state index in [1.807, 2.05) is 55.5 Å². The van der Waals surface area contributed by atoms with E-state index in [-0.39, 0.29) is 0 Å². The molecule has 0 atom stereocenters. The van der Waals surface area contributed by atoms with Crippen LogP contribution in [0.2, 0.25) is 0 Å². The van der Waals surface area contributed by atoms with Crippen LogP contribution in [0.25, 0.3) is 0 Å². The van der Waals surface area contributed by atoms with Gasteiger partial charge in [-0.05, 0) is 30.4 Å². The van der Waals surface area contributed by atoms with Crippen molar-refractivity contribution in [2.45, 2.75) is 6.54 Å². The van der Waals surface area contributed by atoms with E-state index in [0.29, 0.717) is 11.7 Å². The van der Waals surface area contributed by atoms with Gasteiger partial charge in [0, 0.05) is 20.3 Å². The number of methoxy groups -OCH3 is 1. The summed E-state index contributed by atoms with van der Waals surface area (Å²) in [5.74, 6) is 0.765. The molecule has 20 heavy (non-hydrogen) atoms. The van der Waals surface area contributed by atoms with Crippen molar-refractivity contribution >= 4 is 23.0 Å². The molecule has 0 bridgehead atoms. The summed E-state index contributed by atoms with van der Waals surface area (Å²) in [5, 5.41) is 8.15. The SMILES string of the molecule is COc1ccccc1NC(=S)N(C)Cc1ccn(C)n1. The van der Waals surface area contributed by atoms with Crippen molar-refractivity contribution in [1.29, 1.82) is 0 Å². The van der Waals surface area contributed by atoms with Gasteiger partial charge in [-0.15, -0.1) is 0 Å². The average Bonchev–Trinajstić information content (AvgIpc) is 2.84. The maximum atomic E-state index is 5.40. The summed E-state index contributed by atoms with van der Waals surface area (Å²) in [4.78, 5) is 1.93. The predicted molar refractivity (Wildman–Crippen MR) is 83.9 cm³/mol. The van der Waals surface area contributed by atoms with Gasteiger partial charge in [-0.2, -0.15) is 5.10 Å². The summed E-state index contributed by atoms with van der Waals surface area (Å²) in [7, 11) is 5.47. The summed E-state index contributed by atoms with van der Waals surface area (Å²) < 4.78 is 7.07. The summed E-state index contributed by atoms with van der Waals surface area (Å²) in [6, 6.07) is 9.66. The standard InChI is InChI=1S/C14H18N4OS/c1-17(10-11-8-9-18(2)16-11)14(20)15-12-6-4-5-7-13(12)19-3/h4-9H,10H2,1-3H3,(H,15,20). The van der Waals surface area contributed by atoms with Crippen molar-refractivity contribution < 1.29 is 4.74 Å². The van der Waals surface area contributed by atoms with Gasteiger partial charge in [0.25, 0.3) is 0 Å². The third kappa shape index (κ3) is 3.48. The first-order chi connectivity index (χ1) is 9.60. The predicted octanol–water partition coefficient (Wildman–Crippen LogP) is 2.26. The molecule has 106 valence electrons. The highest BCUT2D eigenvalue weighted by Crippen LogP contribution is 2.23. The van der Waals surface area contributed by atoms with Crippen LogP contribution in [-0.4, -0.2) is 34.0 Å². The lowest BCUT2D eigenvalue weighted by atomic mass is 10.3. The number of hydrogen-bond acceptors (Lipinski definition) is 3. The van der Waals surface area contributed by atoms with Crippen LogP contribution in [0, 0.1) is 0 Å². The highest BCUT2D eigenvalue weighted by Gasteiger charge is 2.09. The number of aromatic nitrogens is 2. The second kappa shape index (κ2) is 6.38. The Kier molecular flexibility index (Phi) is 4.57. The lowest BCUT2D eigenvalue weighted by Gasteiger charge is -2.21. The number of nitrogens with zero attached hydrogens (tertiary/aromatic N) is 3. The molecular formula is C14H18N4OS. The Balaban J connectivity index is 2.00. The Morgan fingerprint density at radius 3 is 2.80 bits per heavy atom. The molecule has 0 aliphatic carbocycles. The average molecular weight is 290 g/mol. The van der Waals surface area contributed by atoms with Crippen molar-refractivity contribution in [1.82, 2.24) is 14.7 Å². The number of ether oxygens (including phenoxy) is 1. The third-order valence-electron chi connectivity index (χ3n) is 2.86. The van der Waals surface area contributed by atoms with Gasteiger partial charge in [-0.3, -0.25) is 4.68 Å². The second-order valence-corrected chi connectivity index (χ2v) is 4.85. The molecule has 0 saturated carbocycles. The van der Waals surface area contributed by atoms with Gasteiger partial charge in [0.05, 0.1) is 25.0 Å². The maximum absolute atomic E-state index is 5.40. The van der Waals surface area contributed by atoms with Crippen LogP contribution in [0.4, 0.5) is 5.69 Å². The van der Waals surface area contributed by atoms with Crippen LogP contribution in [0.1, 0.15) is 5.69 Å². The summed E-state index contributed by atoms with van der Waals surface area (Å²) in [5.41, 5.74) is 1.83. The van der Waals surface area contributed by atoms with Gasteiger partial charge in [0.2, 0.25) is 0 Å². The molecule has 5 nitrogen and oxygen atoms in total. The van der Waals surface area contributed by atoms with Crippen LogP contribution < -0.4 is 10.1 Å². The fourth-order valence-corrected chi connectivity index (χ4v) is 2.00. The van der Waals surface area contributed by atoms with E-state index in [1.165, 1.54) is 0 Å². The molecule has 1 aromatic carbocycles. The first-order valence-electron chi connectivity index (χ1n) is 6.24. The highest BCUT2D eigenvalue weighted by molar-refractivity contribution is 7.80. The molecule has 0 spiro atoms. The van der Waals surface area contributed by atoms with Crippen LogP contribution in [0.5, 0.6) is 5.75 Å². The fraction of sp³-hybridized carbons (Fsp3) is 0.286. The van der Waals surface area contributed by atoms with Gasteiger partial charge >= 0.3 is 0 Å². The third-order valence-corrected chi connectivity index (χ3v) is 3.28. The number of nitrogens with one attached hydrogen (secondary N) is 1. The molecule has 0 amide bonds. The monoisotopic (exact) mass is 290 g/mol. The molecule has 0 unspecified atom stereocenters. The zero-order chi connectivity index (χ0) is 14.5. The first kappa shape index (κ1) is 14.3. The molecule has 0 aliphatic heterocycles. The van der Waals surface area contributed by atoms with E-state index in [1.54, 1.807) is 11.8 Å². The van der Waals surface area contributed by atoms with Gasteiger partial charge in [-0.25, -0.2) is 0 Å². The molecule has 1 N–H and O–H groups in total. The Bertz CT molecular complexity index is 596. The Hall–Kier alpha value is -2.08. The molecular weight excluding hydrogens is 272 g/mol. The molecule has 0 radical (unpaired) electrons. The lowest BCUT2D eigenvalue weighted by molar-refractivity contribution is 0.416. The first-order valence-corrected chi connectivity index (χ1v) is 6.64. The minimum Gasteiger partial charge on any atom is -0.495 e. The topological polar surface area (TPSA) is 42.3 Å². The molecule has 0 fully saturated rings. The molecule has 0 aliphatic rings. The largest absolute Gasteiger partial charge is 0.495 e. The van der Waals surface area contributed by atoms with E-state index >= 15 is 0 Å². The van der Waals surface area contributed by atoms with Crippen LogP contribution in [0.15, 0.2) is 36.5 Å². The summed E-state index contributed by atoms with van der Waals surface area (Å²) in [6.45, 7) is 0.655. The van der Waals surface area contributed by atoms with Crippen molar-refractivity contribution in [3.63, 3.8) is 0 Å². The zero-order valence-electron chi connectivity index (χ0n) is 11.8. The fourth-order valence-electron chi connectivity index (χ4n) is 1.82. The van der Waals surface area contributed by atoms with Crippen LogP contribution in [-0.2, 0) is 13.6 Å². The second-order valence-electron chi connectivity index (χ2n) is 4.47. The number of aryl methyl sites for hydroxylation is 1. The molecule has 1 heterocycles. The number of para-hydroxylation sites is 2. The number of benzene rings is 1. The van der Waals surface area contributed by atoms with Gasteiger partial charge in [-0.1, -0.05) is 12.1 Å². The number of rotatable bonds is 4. The van der Waals surface area contributed by atoms with Crippen molar-refractivity contribution in [2.75, 3.05) is 19.5 Å². The van der Waals surface area contributed by atoms with Crippen molar-refractivity contribution in [2.24, 2.45) is 7.05 Å². The van der Waals surface area contributed by atoms with E-state index in [4.69, 9.17) is 17.0 Å². The quantitative estimate of drug-likeness (QED) is 0.875. The number of anilines is 1. The Morgan fingerprint density at radius 2 is 2.15 bits per heavy atom. The van der Waals surface area contributed by atoms with Crippen LogP contribution in [0.3, 0.4) is 0 Å². The smallest absolute Gasteiger partial charge is 0.173 e. The molecule has 6 heteroatoms. The van der Waals surface area contributed by atoms with Gasteiger partial charge in [0.1, 0.15) is 5.75 Å². The summed E-state index contributed by atoms with van der Waals surface area (Å²) >= 11 is 5.40. The normalized spacial score (nSPS) is 10.2. The molecule has 1 aromatic heterocycles. The van der Waals surface area contributed by atoms with E-state index in [9.17, 15) is 0 Å². The molecule has 2 rings (SSSR count). The summed E-state index contributed by atoms with van der Waals surface area (Å²) in [6.07, 6.45) is 1.92. The zero-order valence-corrected chi connectivity index (χ0v) is 12.6. The minimum atomic E-state index is 0.625. The van der Waals surface area contributed by atoms with E-state index in [2.05, 4.69) is 10.4 Å². The Labute approximate surface area is 124 Å². The Morgan fingerprint density at radius 1 is 1.40 bits per heavy atom. The van der Waals surface area contributed by atoms with Gasteiger partial charge < -0.3 is 15.0 Å². The molecule has 2 aromatic rings. The van der Waals surface area contributed by atoms with E-state index < -0.39 is 0 Å². The highest BCUT2D eigenvalue weighted by atomic mass is 32.1. The van der Waals surface area contributed by atoms with Crippen molar-refractivity contribution in [3.05, 3.63) is 42.2 Å². The number of thiocarbonyl (C=S) groups is 1.